The number of benzene rings is 2. The molecule has 2 aromatic carbocycles. The smallest absolute Gasteiger partial charge is 0.164 e. The number of hydrogen-bond acceptors (Lipinski definition) is 17. The van der Waals surface area contributed by atoms with Crippen LogP contribution in [0, 0.1) is 0 Å². The predicted octanol–water partition coefficient (Wildman–Crippen LogP) is 8.12. The number of rotatable bonds is 12. The Morgan fingerprint density at radius 2 is 1.04 bits per heavy atom. The first-order chi connectivity index (χ1) is 33.8. The quantitative estimate of drug-likeness (QED) is 0.115. The van der Waals surface area contributed by atoms with E-state index < -0.39 is 24.0 Å². The number of pyridine rings is 2. The van der Waals surface area contributed by atoms with Crippen molar-refractivity contribution < 1.29 is 47.4 Å². The number of halogens is 1. The van der Waals surface area contributed by atoms with Gasteiger partial charge in [0.15, 0.2) is 24.0 Å². The lowest BCUT2D eigenvalue weighted by Crippen LogP contribution is -2.33. The molecule has 4 saturated heterocycles. The van der Waals surface area contributed by atoms with Crippen molar-refractivity contribution in [2.45, 2.75) is 109 Å². The second kappa shape index (κ2) is 19.5. The molecular weight excluding hydrogens is 934 g/mol. The molecule has 6 aromatic heterocycles. The molecule has 0 aliphatic carbocycles. The Balaban J connectivity index is 0.000000162. The van der Waals surface area contributed by atoms with E-state index in [-0.39, 0.29) is 57.3 Å². The number of aromatic nitrogens is 8. The fraction of sp³-hybridized carbons (Fsp3) is 0.412. The summed E-state index contributed by atoms with van der Waals surface area (Å²) in [4.78, 5) is 26.3. The Bertz CT molecular complexity index is 3000. The number of nitrogens with two attached hydrogens (primary N) is 1. The fourth-order valence-electron chi connectivity index (χ4n) is 9.65. The van der Waals surface area contributed by atoms with Crippen LogP contribution >= 0.6 is 11.6 Å². The van der Waals surface area contributed by atoms with Gasteiger partial charge in [-0.3, -0.25) is 9.97 Å². The summed E-state index contributed by atoms with van der Waals surface area (Å²) in [5, 5.41) is 3.98. The minimum absolute atomic E-state index is 0. The molecule has 19 nitrogen and oxygen atoms in total. The van der Waals surface area contributed by atoms with Crippen LogP contribution in [-0.2, 0) is 51.1 Å². The first-order valence-electron chi connectivity index (χ1n) is 22.9. The number of nitrogens with zero attached hydrogens (tertiary/aromatic N) is 8. The van der Waals surface area contributed by atoms with Gasteiger partial charge in [-0.05, 0) is 76.2 Å². The molecule has 0 unspecified atom stereocenters. The highest BCUT2D eigenvalue weighted by Crippen LogP contribution is 2.46. The van der Waals surface area contributed by atoms with Crippen molar-refractivity contribution >= 4 is 61.3 Å². The maximum absolute atomic E-state index is 6.43. The van der Waals surface area contributed by atoms with Gasteiger partial charge in [-0.15, -0.1) is 0 Å². The largest absolute Gasteiger partial charge is 0.491 e. The van der Waals surface area contributed by atoms with Gasteiger partial charge in [0.25, 0.3) is 0 Å². The third-order valence-electron chi connectivity index (χ3n) is 12.7. The van der Waals surface area contributed by atoms with Gasteiger partial charge in [0.1, 0.15) is 96.3 Å². The molecular formula is C51H56ClN9O10. The molecule has 10 heterocycles. The van der Waals surface area contributed by atoms with Crippen LogP contribution in [0.3, 0.4) is 0 Å². The maximum atomic E-state index is 6.43. The van der Waals surface area contributed by atoms with E-state index in [4.69, 9.17) is 64.7 Å². The molecule has 8 atom stereocenters. The van der Waals surface area contributed by atoms with Gasteiger partial charge in [-0.1, -0.05) is 31.2 Å². The van der Waals surface area contributed by atoms with E-state index in [1.54, 1.807) is 14.2 Å². The molecule has 0 radical (unpaired) electrons. The van der Waals surface area contributed by atoms with E-state index in [0.29, 0.717) is 47.0 Å². The summed E-state index contributed by atoms with van der Waals surface area (Å²) in [7, 11) is 3.31. The van der Waals surface area contributed by atoms with Crippen molar-refractivity contribution in [3.63, 3.8) is 0 Å². The third-order valence-corrected chi connectivity index (χ3v) is 13.0. The summed E-state index contributed by atoms with van der Waals surface area (Å²) in [5.41, 5.74) is 10.8. The van der Waals surface area contributed by atoms with Crippen LogP contribution in [0.1, 0.15) is 59.0 Å². The van der Waals surface area contributed by atoms with Crippen molar-refractivity contribution in [3.05, 3.63) is 114 Å². The molecule has 0 saturated carbocycles. The SMILES string of the molecule is C.COCc1ccc2ccc(OC[C@H]3O[C@@H](n4ccc5c(Cl)ncnc54)[C@@H]4OC(C)(C)O[C@@H]43)cc2n1.COCc1ccc2ccc(OC[C@H]3O[C@@H](n4ccc5c(N)ncnc54)[C@@H]4OC(C)(C)O[C@@H]43)cc2n1. The Morgan fingerprint density at radius 3 is 1.55 bits per heavy atom. The lowest BCUT2D eigenvalue weighted by molar-refractivity contribution is -0.199. The summed E-state index contributed by atoms with van der Waals surface area (Å²) >= 11 is 6.26. The van der Waals surface area contributed by atoms with Crippen molar-refractivity contribution in [2.24, 2.45) is 0 Å². The standard InChI is InChI=1S/C25H25ClN4O5.C25H27N5O5.CH4/c2*1-25(2)34-20-19(12-32-16-7-5-14-4-6-15(11-31-3)29-18(14)10-16)33-24(21(20)35-25)30-9-8-17-22(26)27-13-28-23(17)30;/h4-10,13,19-21,24H,11-12H2,1-3H3;4-10,13,19-21,24H,11-12H2,1-3H3,(H2,26,27,28);1H4/t2*19-,20-,21-,24-;/m11./s1. The highest BCUT2D eigenvalue weighted by Gasteiger charge is 2.57. The first kappa shape index (κ1) is 48.5. The fourth-order valence-corrected chi connectivity index (χ4v) is 9.84. The van der Waals surface area contributed by atoms with Crippen LogP contribution in [0.4, 0.5) is 5.82 Å². The van der Waals surface area contributed by atoms with E-state index in [1.807, 2.05) is 122 Å². The van der Waals surface area contributed by atoms with Gasteiger partial charge in [-0.25, -0.2) is 19.9 Å². The number of fused-ring (bicyclic) bond motifs is 6. The summed E-state index contributed by atoms with van der Waals surface area (Å²) < 4.78 is 64.4. The summed E-state index contributed by atoms with van der Waals surface area (Å²) in [6.07, 6.45) is 3.77. The summed E-state index contributed by atoms with van der Waals surface area (Å²) in [6, 6.07) is 23.4. The maximum Gasteiger partial charge on any atom is 0.164 e. The van der Waals surface area contributed by atoms with Crippen molar-refractivity contribution in [1.29, 1.82) is 0 Å². The molecule has 20 heteroatoms. The van der Waals surface area contributed by atoms with Crippen LogP contribution in [0.5, 0.6) is 11.5 Å². The van der Waals surface area contributed by atoms with Gasteiger partial charge in [-0.2, -0.15) is 0 Å². The number of anilines is 1. The monoisotopic (exact) mass is 989 g/mol. The topological polar surface area (TPSA) is 206 Å². The zero-order valence-corrected chi connectivity index (χ0v) is 40.1. The van der Waals surface area contributed by atoms with E-state index in [0.717, 1.165) is 44.0 Å². The summed E-state index contributed by atoms with van der Waals surface area (Å²) in [6.45, 7) is 9.10. The molecule has 0 spiro atoms. The van der Waals surface area contributed by atoms with Crippen LogP contribution in [0.2, 0.25) is 5.15 Å². The molecule has 4 aliphatic heterocycles. The Morgan fingerprint density at radius 1 is 0.592 bits per heavy atom. The van der Waals surface area contributed by atoms with E-state index in [9.17, 15) is 0 Å². The zero-order chi connectivity index (χ0) is 48.3. The average Bonchev–Trinajstić information content (AvgIpc) is 4.20. The van der Waals surface area contributed by atoms with Crippen LogP contribution < -0.4 is 15.2 Å². The summed E-state index contributed by atoms with van der Waals surface area (Å²) in [5.74, 6) is 0.346. The van der Waals surface area contributed by atoms with Gasteiger partial charge >= 0.3 is 0 Å². The van der Waals surface area contributed by atoms with Crippen LogP contribution in [-0.4, -0.2) is 115 Å². The molecule has 71 heavy (non-hydrogen) atoms. The number of methoxy groups -OCH3 is 2. The second-order valence-electron chi connectivity index (χ2n) is 18.4. The predicted molar refractivity (Wildman–Crippen MR) is 263 cm³/mol. The average molecular weight is 991 g/mol. The third kappa shape index (κ3) is 9.57. The molecule has 0 amide bonds. The van der Waals surface area contributed by atoms with Gasteiger partial charge in [0.05, 0.1) is 46.4 Å². The highest BCUT2D eigenvalue weighted by atomic mass is 35.5. The molecule has 372 valence electrons. The number of ether oxygens (including phenoxy) is 10. The molecule has 12 rings (SSSR count). The van der Waals surface area contributed by atoms with E-state index in [1.165, 1.54) is 12.7 Å². The zero-order valence-electron chi connectivity index (χ0n) is 39.3. The van der Waals surface area contributed by atoms with Crippen LogP contribution in [0.25, 0.3) is 43.9 Å². The van der Waals surface area contributed by atoms with E-state index in [2.05, 4.69) is 29.9 Å². The Hall–Kier alpha value is -6.13. The highest BCUT2D eigenvalue weighted by molar-refractivity contribution is 6.33. The number of hydrogen-bond donors (Lipinski definition) is 1. The normalized spacial score (nSPS) is 25.0. The lowest BCUT2D eigenvalue weighted by Gasteiger charge is -2.25. The molecule has 2 N–H and O–H groups in total. The molecule has 0 bridgehead atoms. The second-order valence-corrected chi connectivity index (χ2v) is 18.8. The van der Waals surface area contributed by atoms with Gasteiger partial charge in [0.2, 0.25) is 0 Å². The lowest BCUT2D eigenvalue weighted by atomic mass is 10.1. The number of nitrogen functional groups attached to an aromatic ring is 1. The first-order valence-corrected chi connectivity index (χ1v) is 23.3. The Labute approximate surface area is 414 Å². The van der Waals surface area contributed by atoms with Gasteiger partial charge in [0, 0.05) is 49.5 Å². The Kier molecular flexibility index (Phi) is 13.3. The van der Waals surface area contributed by atoms with Crippen molar-refractivity contribution in [3.8, 4) is 11.5 Å². The van der Waals surface area contributed by atoms with Crippen molar-refractivity contribution in [2.75, 3.05) is 33.2 Å². The molecule has 4 fully saturated rings. The minimum atomic E-state index is -0.740. The molecule has 4 aliphatic rings. The van der Waals surface area contributed by atoms with Gasteiger partial charge < -0.3 is 62.2 Å². The minimum Gasteiger partial charge on any atom is -0.491 e. The van der Waals surface area contributed by atoms with Crippen molar-refractivity contribution in [1.82, 2.24) is 39.0 Å². The van der Waals surface area contributed by atoms with E-state index >= 15 is 0 Å². The van der Waals surface area contributed by atoms with Crippen LogP contribution in [0.15, 0.2) is 97.8 Å². The molecule has 8 aromatic rings.